The third kappa shape index (κ3) is 4.30. The number of ether oxygens (including phenoxy) is 1. The Morgan fingerprint density at radius 3 is 2.55 bits per heavy atom. The first-order chi connectivity index (χ1) is 9.44. The van der Waals surface area contributed by atoms with E-state index >= 15 is 0 Å². The largest absolute Gasteiger partial charge is 0.456 e. The zero-order valence-corrected chi connectivity index (χ0v) is 14.0. The molecule has 2 rings (SSSR count). The van der Waals surface area contributed by atoms with E-state index < -0.39 is 0 Å². The second-order valence-corrected chi connectivity index (χ2v) is 6.42. The normalized spacial score (nSPS) is 12.2. The lowest BCUT2D eigenvalue weighted by Gasteiger charge is -2.11. The van der Waals surface area contributed by atoms with E-state index in [1.54, 1.807) is 6.07 Å². The van der Waals surface area contributed by atoms with Gasteiger partial charge in [-0.2, -0.15) is 0 Å². The zero-order valence-electron chi connectivity index (χ0n) is 10.9. The van der Waals surface area contributed by atoms with Gasteiger partial charge in [-0.3, -0.25) is 0 Å². The fourth-order valence-corrected chi connectivity index (χ4v) is 2.79. The molecule has 0 heterocycles. The van der Waals surface area contributed by atoms with Crippen molar-refractivity contribution in [1.82, 2.24) is 0 Å². The minimum atomic E-state index is -0.348. The summed E-state index contributed by atoms with van der Waals surface area (Å²) in [5.74, 6) is 0.729. The SMILES string of the molecule is CC(N)Cc1ccc(Oc2cc(F)cc(Br)c2)c(Br)c1. The molecule has 5 heteroatoms. The molecule has 1 unspecified atom stereocenters. The maximum absolute atomic E-state index is 13.3. The zero-order chi connectivity index (χ0) is 14.7. The van der Waals surface area contributed by atoms with E-state index in [1.807, 2.05) is 25.1 Å². The van der Waals surface area contributed by atoms with Gasteiger partial charge in [0.05, 0.1) is 4.47 Å². The Hall–Kier alpha value is -0.910. The van der Waals surface area contributed by atoms with Crippen LogP contribution in [0.5, 0.6) is 11.5 Å². The van der Waals surface area contributed by atoms with Crippen molar-refractivity contribution >= 4 is 31.9 Å². The number of nitrogens with two attached hydrogens (primary N) is 1. The van der Waals surface area contributed by atoms with E-state index in [1.165, 1.54) is 12.1 Å². The van der Waals surface area contributed by atoms with Crippen LogP contribution in [0.4, 0.5) is 4.39 Å². The lowest BCUT2D eigenvalue weighted by Crippen LogP contribution is -2.17. The molecule has 2 N–H and O–H groups in total. The number of rotatable bonds is 4. The number of hydrogen-bond donors (Lipinski definition) is 1. The molecule has 2 aromatic rings. The second-order valence-electron chi connectivity index (χ2n) is 4.65. The summed E-state index contributed by atoms with van der Waals surface area (Å²) >= 11 is 6.70. The molecule has 2 nitrogen and oxygen atoms in total. The summed E-state index contributed by atoms with van der Waals surface area (Å²) in [5, 5.41) is 0. The molecule has 0 fully saturated rings. The highest BCUT2D eigenvalue weighted by Crippen LogP contribution is 2.32. The number of halogens is 3. The van der Waals surface area contributed by atoms with Crippen LogP contribution in [0.3, 0.4) is 0 Å². The Morgan fingerprint density at radius 1 is 1.20 bits per heavy atom. The third-order valence-electron chi connectivity index (χ3n) is 2.62. The molecule has 0 radical (unpaired) electrons. The van der Waals surface area contributed by atoms with Crippen LogP contribution in [-0.2, 0) is 6.42 Å². The molecular formula is C15H14Br2FNO. The van der Waals surface area contributed by atoms with Crippen molar-refractivity contribution < 1.29 is 9.13 Å². The van der Waals surface area contributed by atoms with Crippen molar-refractivity contribution in [2.75, 3.05) is 0 Å². The van der Waals surface area contributed by atoms with Gasteiger partial charge in [0.15, 0.2) is 0 Å². The molecule has 0 spiro atoms. The van der Waals surface area contributed by atoms with Crippen molar-refractivity contribution in [3.05, 3.63) is 56.7 Å². The molecule has 0 aliphatic heterocycles. The highest BCUT2D eigenvalue weighted by Gasteiger charge is 2.07. The van der Waals surface area contributed by atoms with Gasteiger partial charge in [-0.15, -0.1) is 0 Å². The molecule has 2 aromatic carbocycles. The number of hydrogen-bond acceptors (Lipinski definition) is 2. The van der Waals surface area contributed by atoms with Crippen molar-refractivity contribution in [2.24, 2.45) is 5.73 Å². The molecule has 0 aliphatic rings. The fraction of sp³-hybridized carbons (Fsp3) is 0.200. The van der Waals surface area contributed by atoms with E-state index in [0.717, 1.165) is 16.5 Å². The molecule has 1 atom stereocenters. The van der Waals surface area contributed by atoms with Crippen LogP contribution < -0.4 is 10.5 Å². The topological polar surface area (TPSA) is 35.2 Å². The van der Waals surface area contributed by atoms with Gasteiger partial charge < -0.3 is 10.5 Å². The molecule has 20 heavy (non-hydrogen) atoms. The summed E-state index contributed by atoms with van der Waals surface area (Å²) in [7, 11) is 0. The predicted molar refractivity (Wildman–Crippen MR) is 85.7 cm³/mol. The van der Waals surface area contributed by atoms with Crippen LogP contribution in [0.1, 0.15) is 12.5 Å². The van der Waals surface area contributed by atoms with Gasteiger partial charge in [0.25, 0.3) is 0 Å². The van der Waals surface area contributed by atoms with Gasteiger partial charge in [-0.25, -0.2) is 4.39 Å². The van der Waals surface area contributed by atoms with Gasteiger partial charge in [-0.1, -0.05) is 22.0 Å². The summed E-state index contributed by atoms with van der Waals surface area (Å²) in [6.07, 6.45) is 0.796. The lowest BCUT2D eigenvalue weighted by molar-refractivity contribution is 0.473. The molecule has 0 saturated carbocycles. The Bertz CT molecular complexity index is 597. The first-order valence-electron chi connectivity index (χ1n) is 6.12. The van der Waals surface area contributed by atoms with Gasteiger partial charge in [0.1, 0.15) is 17.3 Å². The van der Waals surface area contributed by atoms with Crippen LogP contribution in [0.2, 0.25) is 0 Å². The van der Waals surface area contributed by atoms with Crippen LogP contribution >= 0.6 is 31.9 Å². The quantitative estimate of drug-likeness (QED) is 0.777. The minimum absolute atomic E-state index is 0.104. The van der Waals surface area contributed by atoms with E-state index in [4.69, 9.17) is 10.5 Å². The molecule has 0 saturated heterocycles. The molecule has 0 aromatic heterocycles. The maximum Gasteiger partial charge on any atom is 0.141 e. The molecule has 0 amide bonds. The standard InChI is InChI=1S/C15H14Br2FNO/c1-9(19)4-10-2-3-15(14(17)5-10)20-13-7-11(16)6-12(18)8-13/h2-3,5-9H,4,19H2,1H3. The van der Waals surface area contributed by atoms with E-state index in [-0.39, 0.29) is 11.9 Å². The summed E-state index contributed by atoms with van der Waals surface area (Å²) in [4.78, 5) is 0. The average Bonchev–Trinajstić information content (AvgIpc) is 2.30. The van der Waals surface area contributed by atoms with Gasteiger partial charge >= 0.3 is 0 Å². The summed E-state index contributed by atoms with van der Waals surface area (Å²) < 4.78 is 20.4. The van der Waals surface area contributed by atoms with Crippen LogP contribution in [-0.4, -0.2) is 6.04 Å². The first-order valence-corrected chi connectivity index (χ1v) is 7.70. The second kappa shape index (κ2) is 6.70. The Morgan fingerprint density at radius 2 is 1.95 bits per heavy atom. The summed E-state index contributed by atoms with van der Waals surface area (Å²) in [5.41, 5.74) is 6.90. The highest BCUT2D eigenvalue weighted by atomic mass is 79.9. The van der Waals surface area contributed by atoms with Crippen molar-refractivity contribution in [2.45, 2.75) is 19.4 Å². The van der Waals surface area contributed by atoms with Gasteiger partial charge in [0.2, 0.25) is 0 Å². The summed E-state index contributed by atoms with van der Waals surface area (Å²) in [6.45, 7) is 1.96. The van der Waals surface area contributed by atoms with Gasteiger partial charge in [0, 0.05) is 16.6 Å². The highest BCUT2D eigenvalue weighted by molar-refractivity contribution is 9.10. The predicted octanol–water partition coefficient (Wildman–Crippen LogP) is 5.03. The van der Waals surface area contributed by atoms with Crippen LogP contribution in [0, 0.1) is 5.82 Å². The van der Waals surface area contributed by atoms with E-state index in [9.17, 15) is 4.39 Å². The Kier molecular flexibility index (Phi) is 5.18. The molecular weight excluding hydrogens is 389 g/mol. The average molecular weight is 403 g/mol. The van der Waals surface area contributed by atoms with Crippen molar-refractivity contribution in [1.29, 1.82) is 0 Å². The molecule has 0 bridgehead atoms. The Balaban J connectivity index is 2.21. The minimum Gasteiger partial charge on any atom is -0.456 e. The van der Waals surface area contributed by atoms with E-state index in [0.29, 0.717) is 16.0 Å². The van der Waals surface area contributed by atoms with Crippen LogP contribution in [0.25, 0.3) is 0 Å². The summed E-state index contributed by atoms with van der Waals surface area (Å²) in [6, 6.07) is 10.3. The fourth-order valence-electron chi connectivity index (χ4n) is 1.84. The van der Waals surface area contributed by atoms with Gasteiger partial charge in [-0.05, 0) is 59.1 Å². The maximum atomic E-state index is 13.3. The Labute approximate surface area is 134 Å². The smallest absolute Gasteiger partial charge is 0.141 e. The van der Waals surface area contributed by atoms with Crippen LogP contribution in [0.15, 0.2) is 45.3 Å². The van der Waals surface area contributed by atoms with E-state index in [2.05, 4.69) is 31.9 Å². The van der Waals surface area contributed by atoms with Crippen molar-refractivity contribution in [3.63, 3.8) is 0 Å². The monoisotopic (exact) mass is 401 g/mol. The molecule has 0 aliphatic carbocycles. The lowest BCUT2D eigenvalue weighted by atomic mass is 10.1. The first kappa shape index (κ1) is 15.5. The number of benzene rings is 2. The molecule has 106 valence electrons. The third-order valence-corrected chi connectivity index (χ3v) is 3.70. The van der Waals surface area contributed by atoms with Crippen molar-refractivity contribution in [3.8, 4) is 11.5 Å².